The molecule has 1 aromatic carbocycles. The number of rotatable bonds is 7. The van der Waals surface area contributed by atoms with Crippen LogP contribution in [0.25, 0.3) is 11.3 Å². The van der Waals surface area contributed by atoms with Crippen LogP contribution < -0.4 is 10.9 Å². The highest BCUT2D eigenvalue weighted by Gasteiger charge is 2.09. The normalized spacial score (nSPS) is 10.9. The fourth-order valence-electron chi connectivity index (χ4n) is 2.92. The summed E-state index contributed by atoms with van der Waals surface area (Å²) < 4.78 is 2.12. The van der Waals surface area contributed by atoms with Crippen LogP contribution in [-0.2, 0) is 6.54 Å². The van der Waals surface area contributed by atoms with Crippen molar-refractivity contribution in [2.75, 3.05) is 6.54 Å². The first-order chi connectivity index (χ1) is 13.0. The molecule has 0 atom stereocenters. The second-order valence-corrected chi connectivity index (χ2v) is 6.63. The maximum absolute atomic E-state index is 12.4. The van der Waals surface area contributed by atoms with E-state index in [-0.39, 0.29) is 11.5 Å². The van der Waals surface area contributed by atoms with Crippen molar-refractivity contribution in [1.29, 1.82) is 0 Å². The summed E-state index contributed by atoms with van der Waals surface area (Å²) >= 11 is 0. The number of hydrogen-bond acceptors (Lipinski definition) is 4. The maximum Gasteiger partial charge on any atom is 0.266 e. The number of nitrogens with one attached hydrogen (secondary N) is 2. The molecule has 1 amide bonds. The highest BCUT2D eigenvalue weighted by atomic mass is 16.1. The fraction of sp³-hybridized carbons (Fsp3) is 0.300. The summed E-state index contributed by atoms with van der Waals surface area (Å²) in [6.45, 7) is 5.61. The van der Waals surface area contributed by atoms with Crippen LogP contribution in [0.4, 0.5) is 0 Å². The summed E-state index contributed by atoms with van der Waals surface area (Å²) in [4.78, 5) is 34.8. The molecule has 0 aliphatic heterocycles. The van der Waals surface area contributed by atoms with Gasteiger partial charge in [0.15, 0.2) is 0 Å². The minimum absolute atomic E-state index is 0.141. The first-order valence-corrected chi connectivity index (χ1v) is 8.98. The number of aryl methyl sites for hydroxylation is 1. The van der Waals surface area contributed by atoms with Crippen LogP contribution in [0, 0.1) is 0 Å². The van der Waals surface area contributed by atoms with Gasteiger partial charge in [-0.1, -0.05) is 26.0 Å². The Morgan fingerprint density at radius 1 is 1.30 bits per heavy atom. The van der Waals surface area contributed by atoms with Gasteiger partial charge in [0, 0.05) is 42.5 Å². The molecular weight excluding hydrogens is 342 g/mol. The van der Waals surface area contributed by atoms with E-state index in [1.807, 2.05) is 18.5 Å². The lowest BCUT2D eigenvalue weighted by Gasteiger charge is -2.11. The van der Waals surface area contributed by atoms with Crippen molar-refractivity contribution < 1.29 is 4.79 Å². The highest BCUT2D eigenvalue weighted by Crippen LogP contribution is 2.16. The number of hydrogen-bond donors (Lipinski definition) is 2. The van der Waals surface area contributed by atoms with E-state index in [1.165, 1.54) is 6.20 Å². The Morgan fingerprint density at radius 2 is 2.15 bits per heavy atom. The lowest BCUT2D eigenvalue weighted by Crippen LogP contribution is -2.25. The third-order valence-electron chi connectivity index (χ3n) is 4.21. The third kappa shape index (κ3) is 4.69. The zero-order valence-corrected chi connectivity index (χ0v) is 15.5. The molecule has 140 valence electrons. The van der Waals surface area contributed by atoms with Crippen molar-refractivity contribution >= 4 is 5.91 Å². The second-order valence-electron chi connectivity index (χ2n) is 6.63. The SMILES string of the molecule is CC(C)c1nccn1CCCNC(=O)c1cccc(-c2cncc(=O)[nH]2)c1. The van der Waals surface area contributed by atoms with Gasteiger partial charge in [-0.15, -0.1) is 0 Å². The summed E-state index contributed by atoms with van der Waals surface area (Å²) in [5, 5.41) is 2.94. The Labute approximate surface area is 157 Å². The Bertz CT molecular complexity index is 974. The average molecular weight is 365 g/mol. The summed E-state index contributed by atoms with van der Waals surface area (Å²) in [6, 6.07) is 7.11. The molecule has 2 heterocycles. The van der Waals surface area contributed by atoms with Gasteiger partial charge in [0.25, 0.3) is 11.5 Å². The van der Waals surface area contributed by atoms with E-state index < -0.39 is 0 Å². The van der Waals surface area contributed by atoms with Crippen molar-refractivity contribution in [3.05, 3.63) is 70.8 Å². The molecule has 27 heavy (non-hydrogen) atoms. The lowest BCUT2D eigenvalue weighted by atomic mass is 10.1. The molecule has 0 spiro atoms. The average Bonchev–Trinajstić information content (AvgIpc) is 3.14. The molecule has 0 fully saturated rings. The topological polar surface area (TPSA) is 92.7 Å². The molecule has 0 saturated heterocycles. The number of carbonyl (C=O) groups excluding carboxylic acids is 1. The van der Waals surface area contributed by atoms with Crippen molar-refractivity contribution in [3.63, 3.8) is 0 Å². The van der Waals surface area contributed by atoms with Crippen LogP contribution >= 0.6 is 0 Å². The van der Waals surface area contributed by atoms with Crippen LogP contribution in [0.2, 0.25) is 0 Å². The summed E-state index contributed by atoms with van der Waals surface area (Å²) in [5.74, 6) is 1.29. The summed E-state index contributed by atoms with van der Waals surface area (Å²) in [5.41, 5.74) is 1.59. The van der Waals surface area contributed by atoms with Gasteiger partial charge < -0.3 is 14.9 Å². The molecule has 7 nitrogen and oxygen atoms in total. The Balaban J connectivity index is 1.58. The maximum atomic E-state index is 12.4. The van der Waals surface area contributed by atoms with Crippen LogP contribution in [0.15, 0.2) is 53.8 Å². The minimum atomic E-state index is -0.275. The molecule has 0 unspecified atom stereocenters. The molecule has 0 aliphatic carbocycles. The number of carbonyl (C=O) groups is 1. The van der Waals surface area contributed by atoms with Crippen LogP contribution in [0.1, 0.15) is 42.4 Å². The van der Waals surface area contributed by atoms with Gasteiger partial charge in [0.1, 0.15) is 5.82 Å². The molecule has 0 aliphatic rings. The summed E-state index contributed by atoms with van der Waals surface area (Å²) in [7, 11) is 0. The zero-order valence-electron chi connectivity index (χ0n) is 15.5. The van der Waals surface area contributed by atoms with E-state index in [0.717, 1.165) is 24.4 Å². The number of H-pyrrole nitrogens is 1. The largest absolute Gasteiger partial charge is 0.352 e. The van der Waals surface area contributed by atoms with Gasteiger partial charge in [0.2, 0.25) is 0 Å². The van der Waals surface area contributed by atoms with Crippen molar-refractivity contribution in [3.8, 4) is 11.3 Å². The van der Waals surface area contributed by atoms with E-state index in [0.29, 0.717) is 23.7 Å². The van der Waals surface area contributed by atoms with Crippen molar-refractivity contribution in [2.45, 2.75) is 32.7 Å². The highest BCUT2D eigenvalue weighted by molar-refractivity contribution is 5.95. The predicted octanol–water partition coefficient (Wildman–Crippen LogP) is 2.58. The van der Waals surface area contributed by atoms with Gasteiger partial charge in [-0.2, -0.15) is 0 Å². The monoisotopic (exact) mass is 365 g/mol. The molecule has 0 radical (unpaired) electrons. The second kappa shape index (κ2) is 8.44. The number of amides is 1. The van der Waals surface area contributed by atoms with Crippen LogP contribution in [0.5, 0.6) is 0 Å². The quantitative estimate of drug-likeness (QED) is 0.630. The first-order valence-electron chi connectivity index (χ1n) is 8.98. The van der Waals surface area contributed by atoms with E-state index in [9.17, 15) is 9.59 Å². The standard InChI is InChI=1S/C20H23N5O2/c1-14(2)19-22-8-10-25(19)9-4-7-23-20(27)16-6-3-5-15(11-16)17-12-21-13-18(26)24-17/h3,5-6,8,10-14H,4,7,9H2,1-2H3,(H,23,27)(H,24,26). The smallest absolute Gasteiger partial charge is 0.266 e. The van der Waals surface area contributed by atoms with E-state index in [4.69, 9.17) is 0 Å². The molecule has 0 saturated carbocycles. The Morgan fingerprint density at radius 3 is 2.93 bits per heavy atom. The van der Waals surface area contributed by atoms with Crippen LogP contribution in [0.3, 0.4) is 0 Å². The van der Waals surface area contributed by atoms with Gasteiger partial charge in [-0.3, -0.25) is 14.6 Å². The number of benzene rings is 1. The number of imidazole rings is 1. The molecule has 3 aromatic rings. The zero-order chi connectivity index (χ0) is 19.2. The molecule has 2 aromatic heterocycles. The van der Waals surface area contributed by atoms with Gasteiger partial charge in [-0.05, 0) is 18.6 Å². The molecular formula is C20H23N5O2. The molecule has 2 N–H and O–H groups in total. The molecule has 0 bridgehead atoms. The van der Waals surface area contributed by atoms with E-state index in [1.54, 1.807) is 24.4 Å². The van der Waals surface area contributed by atoms with Gasteiger partial charge in [-0.25, -0.2) is 4.98 Å². The van der Waals surface area contributed by atoms with Crippen molar-refractivity contribution in [2.24, 2.45) is 0 Å². The third-order valence-corrected chi connectivity index (χ3v) is 4.21. The van der Waals surface area contributed by atoms with Crippen LogP contribution in [-0.4, -0.2) is 32.0 Å². The first kappa shape index (κ1) is 18.6. The Kier molecular flexibility index (Phi) is 5.80. The lowest BCUT2D eigenvalue weighted by molar-refractivity contribution is 0.0952. The predicted molar refractivity (Wildman–Crippen MR) is 104 cm³/mol. The summed E-state index contributed by atoms with van der Waals surface area (Å²) in [6.07, 6.45) is 7.37. The van der Waals surface area contributed by atoms with Gasteiger partial charge >= 0.3 is 0 Å². The van der Waals surface area contributed by atoms with Crippen molar-refractivity contribution in [1.82, 2.24) is 24.8 Å². The van der Waals surface area contributed by atoms with E-state index in [2.05, 4.69) is 38.7 Å². The molecule has 3 rings (SSSR count). The fourth-order valence-corrected chi connectivity index (χ4v) is 2.92. The molecule has 7 heteroatoms. The van der Waals surface area contributed by atoms with E-state index >= 15 is 0 Å². The number of aromatic nitrogens is 4. The Hall–Kier alpha value is -3.22. The minimum Gasteiger partial charge on any atom is -0.352 e. The van der Waals surface area contributed by atoms with Gasteiger partial charge in [0.05, 0.1) is 18.1 Å². The number of aromatic amines is 1. The number of nitrogens with zero attached hydrogens (tertiary/aromatic N) is 3.